The molecule has 1 unspecified atom stereocenters. The lowest BCUT2D eigenvalue weighted by Gasteiger charge is -2.14. The predicted octanol–water partition coefficient (Wildman–Crippen LogP) is 2.26. The summed E-state index contributed by atoms with van der Waals surface area (Å²) < 4.78 is 5.23. The smallest absolute Gasteiger partial charge is 0.278 e. The van der Waals surface area contributed by atoms with Crippen molar-refractivity contribution in [3.05, 3.63) is 29.8 Å². The van der Waals surface area contributed by atoms with Crippen molar-refractivity contribution in [1.82, 2.24) is 5.43 Å². The Balaban J connectivity index is 1.94. The number of benzene rings is 1. The predicted molar refractivity (Wildman–Crippen MR) is 84.4 cm³/mol. The monoisotopic (exact) mass is 303 g/mol. The molecule has 2 amide bonds. The first-order valence-electron chi connectivity index (χ1n) is 7.50. The van der Waals surface area contributed by atoms with Crippen LogP contribution in [-0.4, -0.2) is 24.3 Å². The van der Waals surface area contributed by atoms with E-state index in [0.717, 1.165) is 30.5 Å². The Bertz CT molecular complexity index is 567. The molecule has 0 saturated carbocycles. The standard InChI is InChI=1S/C16H21N3O3/c1-3-4-5-11(2)15(21)17-13-8-6-12(7-9-13)16-19-18-14(20)10-22-16/h6-9,11H,3-5,10H2,1-2H3,(H,17,21)(H,18,20). The van der Waals surface area contributed by atoms with Crippen LogP contribution in [-0.2, 0) is 14.3 Å². The maximum Gasteiger partial charge on any atom is 0.278 e. The van der Waals surface area contributed by atoms with Gasteiger partial charge in [0.25, 0.3) is 5.91 Å². The number of hydrazone groups is 1. The minimum atomic E-state index is -0.270. The number of rotatable bonds is 6. The van der Waals surface area contributed by atoms with Crippen LogP contribution in [0.3, 0.4) is 0 Å². The molecule has 1 aliphatic heterocycles. The lowest BCUT2D eigenvalue weighted by molar-refractivity contribution is -0.124. The van der Waals surface area contributed by atoms with E-state index in [1.54, 1.807) is 24.3 Å². The molecular weight excluding hydrogens is 282 g/mol. The second-order valence-corrected chi connectivity index (χ2v) is 5.35. The molecule has 22 heavy (non-hydrogen) atoms. The van der Waals surface area contributed by atoms with Crippen molar-refractivity contribution >= 4 is 23.4 Å². The van der Waals surface area contributed by atoms with Gasteiger partial charge in [0.1, 0.15) is 0 Å². The first-order chi connectivity index (χ1) is 10.6. The fraction of sp³-hybridized carbons (Fsp3) is 0.438. The lowest BCUT2D eigenvalue weighted by Crippen LogP contribution is -2.32. The molecule has 6 nitrogen and oxygen atoms in total. The number of hydrogen-bond donors (Lipinski definition) is 2. The fourth-order valence-corrected chi connectivity index (χ4v) is 2.06. The molecule has 1 aromatic rings. The van der Waals surface area contributed by atoms with Crippen LogP contribution in [0.25, 0.3) is 0 Å². The molecule has 0 spiro atoms. The highest BCUT2D eigenvalue weighted by atomic mass is 16.5. The van der Waals surface area contributed by atoms with E-state index in [2.05, 4.69) is 22.8 Å². The molecule has 0 fully saturated rings. The summed E-state index contributed by atoms with van der Waals surface area (Å²) in [5, 5.41) is 6.74. The zero-order valence-electron chi connectivity index (χ0n) is 12.9. The molecule has 0 saturated heterocycles. The van der Waals surface area contributed by atoms with E-state index in [1.165, 1.54) is 0 Å². The van der Waals surface area contributed by atoms with Crippen LogP contribution >= 0.6 is 0 Å². The van der Waals surface area contributed by atoms with Gasteiger partial charge in [0.15, 0.2) is 6.61 Å². The van der Waals surface area contributed by atoms with E-state index in [1.807, 2.05) is 6.92 Å². The zero-order valence-corrected chi connectivity index (χ0v) is 12.9. The van der Waals surface area contributed by atoms with E-state index < -0.39 is 0 Å². The Morgan fingerprint density at radius 3 is 2.73 bits per heavy atom. The minimum Gasteiger partial charge on any atom is -0.466 e. The first-order valence-corrected chi connectivity index (χ1v) is 7.50. The molecule has 1 heterocycles. The summed E-state index contributed by atoms with van der Waals surface area (Å²) in [6.45, 7) is 4.01. The summed E-state index contributed by atoms with van der Waals surface area (Å²) in [5.74, 6) is 0.128. The number of nitrogens with zero attached hydrogens (tertiary/aromatic N) is 1. The lowest BCUT2D eigenvalue weighted by atomic mass is 10.0. The molecule has 0 aromatic heterocycles. The topological polar surface area (TPSA) is 79.8 Å². The number of hydrogen-bond acceptors (Lipinski definition) is 4. The average molecular weight is 303 g/mol. The molecule has 0 aliphatic carbocycles. The van der Waals surface area contributed by atoms with E-state index in [9.17, 15) is 9.59 Å². The average Bonchev–Trinajstić information content (AvgIpc) is 2.54. The van der Waals surface area contributed by atoms with Crippen molar-refractivity contribution in [2.75, 3.05) is 11.9 Å². The van der Waals surface area contributed by atoms with E-state index >= 15 is 0 Å². The van der Waals surface area contributed by atoms with Crippen molar-refractivity contribution in [3.63, 3.8) is 0 Å². The fourth-order valence-electron chi connectivity index (χ4n) is 2.06. The van der Waals surface area contributed by atoms with Crippen LogP contribution in [0.1, 0.15) is 38.7 Å². The van der Waals surface area contributed by atoms with Gasteiger partial charge in [-0.2, -0.15) is 0 Å². The van der Waals surface area contributed by atoms with Gasteiger partial charge in [-0.15, -0.1) is 5.10 Å². The largest absolute Gasteiger partial charge is 0.466 e. The highest BCUT2D eigenvalue weighted by Crippen LogP contribution is 2.15. The van der Waals surface area contributed by atoms with Crippen molar-refractivity contribution in [3.8, 4) is 0 Å². The van der Waals surface area contributed by atoms with E-state index in [0.29, 0.717) is 5.90 Å². The van der Waals surface area contributed by atoms with Gasteiger partial charge in [-0.25, -0.2) is 5.43 Å². The summed E-state index contributed by atoms with van der Waals surface area (Å²) in [7, 11) is 0. The van der Waals surface area contributed by atoms with Gasteiger partial charge in [-0.05, 0) is 30.7 Å². The summed E-state index contributed by atoms with van der Waals surface area (Å²) >= 11 is 0. The molecule has 0 radical (unpaired) electrons. The third-order valence-corrected chi connectivity index (χ3v) is 3.46. The Morgan fingerprint density at radius 1 is 1.41 bits per heavy atom. The van der Waals surface area contributed by atoms with Crippen LogP contribution in [0.15, 0.2) is 29.4 Å². The third-order valence-electron chi connectivity index (χ3n) is 3.46. The number of ether oxygens (including phenoxy) is 1. The maximum atomic E-state index is 12.0. The SMILES string of the molecule is CCCCC(C)C(=O)Nc1ccc(C2=NNC(=O)CO2)cc1. The normalized spacial score (nSPS) is 15.4. The van der Waals surface area contributed by atoms with Gasteiger partial charge in [0.05, 0.1) is 0 Å². The van der Waals surface area contributed by atoms with Gasteiger partial charge in [-0.3, -0.25) is 9.59 Å². The summed E-state index contributed by atoms with van der Waals surface area (Å²) in [6, 6.07) is 7.18. The number of amides is 2. The number of unbranched alkanes of at least 4 members (excludes halogenated alkanes) is 1. The summed E-state index contributed by atoms with van der Waals surface area (Å²) in [5.41, 5.74) is 3.85. The third kappa shape index (κ3) is 4.31. The Kier molecular flexibility index (Phi) is 5.52. The molecule has 6 heteroatoms. The van der Waals surface area contributed by atoms with Crippen LogP contribution in [0, 0.1) is 5.92 Å². The Morgan fingerprint density at radius 2 is 2.14 bits per heavy atom. The summed E-state index contributed by atoms with van der Waals surface area (Å²) in [6.07, 6.45) is 3.03. The van der Waals surface area contributed by atoms with Crippen LogP contribution < -0.4 is 10.7 Å². The highest BCUT2D eigenvalue weighted by Gasteiger charge is 2.15. The molecular formula is C16H21N3O3. The van der Waals surface area contributed by atoms with Gasteiger partial charge >= 0.3 is 0 Å². The van der Waals surface area contributed by atoms with E-state index in [-0.39, 0.29) is 24.3 Å². The van der Waals surface area contributed by atoms with Crippen molar-refractivity contribution < 1.29 is 14.3 Å². The Hall–Kier alpha value is -2.37. The second kappa shape index (κ2) is 7.59. The highest BCUT2D eigenvalue weighted by molar-refractivity contribution is 5.98. The van der Waals surface area contributed by atoms with Gasteiger partial charge in [0.2, 0.25) is 11.8 Å². The molecule has 1 aromatic carbocycles. The quantitative estimate of drug-likeness (QED) is 0.846. The van der Waals surface area contributed by atoms with E-state index in [4.69, 9.17) is 4.74 Å². The minimum absolute atomic E-state index is 0.000826. The van der Waals surface area contributed by atoms with Gasteiger partial charge in [0, 0.05) is 17.2 Å². The van der Waals surface area contributed by atoms with Crippen molar-refractivity contribution in [2.45, 2.75) is 33.1 Å². The molecule has 1 atom stereocenters. The maximum absolute atomic E-state index is 12.0. The molecule has 2 N–H and O–H groups in total. The van der Waals surface area contributed by atoms with Gasteiger partial charge in [-0.1, -0.05) is 26.7 Å². The molecule has 1 aliphatic rings. The molecule has 2 rings (SSSR count). The number of carbonyl (C=O) groups excluding carboxylic acids is 2. The second-order valence-electron chi connectivity index (χ2n) is 5.35. The van der Waals surface area contributed by atoms with Crippen LogP contribution in [0.4, 0.5) is 5.69 Å². The van der Waals surface area contributed by atoms with Crippen LogP contribution in [0.5, 0.6) is 0 Å². The molecule has 0 bridgehead atoms. The first kappa shape index (κ1) is 16.0. The van der Waals surface area contributed by atoms with Gasteiger partial charge < -0.3 is 10.1 Å². The number of nitrogens with one attached hydrogen (secondary N) is 2. The number of anilines is 1. The Labute approximate surface area is 129 Å². The summed E-state index contributed by atoms with van der Waals surface area (Å²) in [4.78, 5) is 23.0. The molecule has 118 valence electrons. The number of carbonyl (C=O) groups is 2. The zero-order chi connectivity index (χ0) is 15.9. The van der Waals surface area contributed by atoms with Crippen molar-refractivity contribution in [2.24, 2.45) is 11.0 Å². The van der Waals surface area contributed by atoms with Crippen molar-refractivity contribution in [1.29, 1.82) is 0 Å². The van der Waals surface area contributed by atoms with Crippen LogP contribution in [0.2, 0.25) is 0 Å².